The van der Waals surface area contributed by atoms with E-state index in [1.54, 1.807) is 0 Å². The van der Waals surface area contributed by atoms with E-state index in [0.29, 0.717) is 11.5 Å². The summed E-state index contributed by atoms with van der Waals surface area (Å²) in [6.45, 7) is 5.53. The molecule has 0 atom stereocenters. The predicted octanol–water partition coefficient (Wildman–Crippen LogP) is 4.04. The minimum absolute atomic E-state index is 0.536. The molecule has 1 saturated heterocycles. The molecule has 3 nitrogen and oxygen atoms in total. The second kappa shape index (κ2) is 6.78. The molecule has 21 heavy (non-hydrogen) atoms. The van der Waals surface area contributed by atoms with Crippen molar-refractivity contribution in [1.29, 1.82) is 0 Å². The number of ether oxygens (including phenoxy) is 1. The number of piperidine rings is 1. The van der Waals surface area contributed by atoms with Gasteiger partial charge in [-0.3, -0.25) is 4.98 Å². The van der Waals surface area contributed by atoms with Gasteiger partial charge >= 0.3 is 0 Å². The maximum atomic E-state index is 5.94. The molecule has 1 saturated carbocycles. The van der Waals surface area contributed by atoms with Gasteiger partial charge in [-0.25, -0.2) is 0 Å². The summed E-state index contributed by atoms with van der Waals surface area (Å²) >= 11 is 0. The predicted molar refractivity (Wildman–Crippen MR) is 86.6 cm³/mol. The highest BCUT2D eigenvalue weighted by Crippen LogP contribution is 2.45. The Kier molecular flexibility index (Phi) is 4.79. The second-order valence-corrected chi connectivity index (χ2v) is 6.76. The fourth-order valence-electron chi connectivity index (χ4n) is 3.95. The zero-order chi connectivity index (χ0) is 14.5. The Hall–Kier alpha value is -1.09. The molecule has 0 unspecified atom stereocenters. The largest absolute Gasteiger partial charge is 0.378 e. The van der Waals surface area contributed by atoms with Crippen LogP contribution in [0.15, 0.2) is 24.5 Å². The van der Waals surface area contributed by atoms with Crippen LogP contribution in [-0.2, 0) is 4.74 Å². The lowest BCUT2D eigenvalue weighted by molar-refractivity contribution is -0.00990. The summed E-state index contributed by atoms with van der Waals surface area (Å²) in [5, 5.41) is 0. The van der Waals surface area contributed by atoms with Crippen LogP contribution in [-0.4, -0.2) is 30.8 Å². The molecule has 0 amide bonds. The van der Waals surface area contributed by atoms with Gasteiger partial charge in [0.15, 0.2) is 0 Å². The van der Waals surface area contributed by atoms with Crippen molar-refractivity contribution < 1.29 is 4.74 Å². The third kappa shape index (κ3) is 3.57. The number of pyridine rings is 1. The first-order valence-electron chi connectivity index (χ1n) is 8.58. The number of hydrogen-bond donors (Lipinski definition) is 0. The Morgan fingerprint density at radius 1 is 1.14 bits per heavy atom. The topological polar surface area (TPSA) is 25.4 Å². The quantitative estimate of drug-likeness (QED) is 0.836. The highest BCUT2D eigenvalue weighted by atomic mass is 16.5. The molecule has 0 N–H and O–H groups in total. The summed E-state index contributed by atoms with van der Waals surface area (Å²) in [7, 11) is 0. The van der Waals surface area contributed by atoms with Crippen LogP contribution < -0.4 is 4.90 Å². The molecule has 1 aromatic rings. The van der Waals surface area contributed by atoms with Gasteiger partial charge in [0.1, 0.15) is 0 Å². The van der Waals surface area contributed by atoms with Crippen molar-refractivity contribution in [1.82, 2.24) is 4.98 Å². The van der Waals surface area contributed by atoms with Gasteiger partial charge in [0.2, 0.25) is 0 Å². The van der Waals surface area contributed by atoms with Crippen molar-refractivity contribution in [2.75, 3.05) is 24.6 Å². The molecule has 1 aliphatic carbocycles. The van der Waals surface area contributed by atoms with Gasteiger partial charge in [-0.05, 0) is 62.5 Å². The van der Waals surface area contributed by atoms with E-state index in [2.05, 4.69) is 28.9 Å². The highest BCUT2D eigenvalue weighted by molar-refractivity contribution is 5.45. The van der Waals surface area contributed by atoms with Crippen LogP contribution in [0.2, 0.25) is 0 Å². The third-order valence-electron chi connectivity index (χ3n) is 5.40. The Morgan fingerprint density at radius 3 is 2.43 bits per heavy atom. The standard InChI is InChI=1S/C18H28N2O/c1-2-15-21-17-3-7-18(8-4-17)9-13-20(14-10-18)16-5-11-19-12-6-16/h5-6,11-12,17H,2-4,7-10,13-15H2,1H3. The lowest BCUT2D eigenvalue weighted by Crippen LogP contribution is -2.43. The van der Waals surface area contributed by atoms with E-state index in [-0.39, 0.29) is 0 Å². The lowest BCUT2D eigenvalue weighted by Gasteiger charge is -2.46. The molecule has 116 valence electrons. The van der Waals surface area contributed by atoms with Crippen molar-refractivity contribution in [2.45, 2.75) is 58.0 Å². The Bertz CT molecular complexity index is 416. The van der Waals surface area contributed by atoms with Crippen LogP contribution in [0, 0.1) is 5.41 Å². The highest BCUT2D eigenvalue weighted by Gasteiger charge is 2.38. The normalized spacial score (nSPS) is 22.6. The van der Waals surface area contributed by atoms with Crippen LogP contribution in [0.1, 0.15) is 51.9 Å². The average Bonchev–Trinajstić information content (AvgIpc) is 2.56. The van der Waals surface area contributed by atoms with Gasteiger partial charge in [0.25, 0.3) is 0 Å². The molecule has 2 fully saturated rings. The van der Waals surface area contributed by atoms with E-state index in [9.17, 15) is 0 Å². The maximum Gasteiger partial charge on any atom is 0.0575 e. The number of hydrogen-bond acceptors (Lipinski definition) is 3. The molecule has 0 radical (unpaired) electrons. The van der Waals surface area contributed by atoms with E-state index < -0.39 is 0 Å². The van der Waals surface area contributed by atoms with Crippen LogP contribution in [0.5, 0.6) is 0 Å². The maximum absolute atomic E-state index is 5.94. The molecule has 3 heteroatoms. The SMILES string of the molecule is CCCOC1CCC2(CC1)CCN(c1ccncc1)CC2. The van der Waals surface area contributed by atoms with E-state index in [0.717, 1.165) is 13.0 Å². The number of aromatic nitrogens is 1. The van der Waals surface area contributed by atoms with E-state index in [1.807, 2.05) is 12.4 Å². The fourth-order valence-corrected chi connectivity index (χ4v) is 3.95. The zero-order valence-electron chi connectivity index (χ0n) is 13.3. The fraction of sp³-hybridized carbons (Fsp3) is 0.722. The van der Waals surface area contributed by atoms with Crippen molar-refractivity contribution in [3.8, 4) is 0 Å². The Labute approximate surface area is 128 Å². The van der Waals surface area contributed by atoms with Crippen LogP contribution in [0.25, 0.3) is 0 Å². The lowest BCUT2D eigenvalue weighted by atomic mass is 9.67. The molecule has 1 aromatic heterocycles. The van der Waals surface area contributed by atoms with Crippen molar-refractivity contribution >= 4 is 5.69 Å². The molecule has 2 aliphatic rings. The van der Waals surface area contributed by atoms with Gasteiger partial charge in [-0.2, -0.15) is 0 Å². The molecule has 0 aromatic carbocycles. The summed E-state index contributed by atoms with van der Waals surface area (Å²) in [5.74, 6) is 0. The minimum atomic E-state index is 0.536. The van der Waals surface area contributed by atoms with Crippen molar-refractivity contribution in [2.24, 2.45) is 5.41 Å². The van der Waals surface area contributed by atoms with Gasteiger partial charge < -0.3 is 9.64 Å². The molecular formula is C18H28N2O. The van der Waals surface area contributed by atoms with Gasteiger partial charge in [-0.1, -0.05) is 6.92 Å². The summed E-state index contributed by atoms with van der Waals surface area (Å²) in [6.07, 6.45) is 13.4. The summed E-state index contributed by atoms with van der Waals surface area (Å²) in [4.78, 5) is 6.64. The number of anilines is 1. The van der Waals surface area contributed by atoms with Gasteiger partial charge in [-0.15, -0.1) is 0 Å². The first-order chi connectivity index (χ1) is 10.3. The minimum Gasteiger partial charge on any atom is -0.378 e. The molecule has 2 heterocycles. The summed E-state index contributed by atoms with van der Waals surface area (Å²) in [5.41, 5.74) is 1.94. The Morgan fingerprint density at radius 2 is 1.81 bits per heavy atom. The first-order valence-corrected chi connectivity index (χ1v) is 8.58. The third-order valence-corrected chi connectivity index (χ3v) is 5.40. The van der Waals surface area contributed by atoms with Gasteiger partial charge in [0.05, 0.1) is 6.10 Å². The second-order valence-electron chi connectivity index (χ2n) is 6.76. The van der Waals surface area contributed by atoms with Crippen LogP contribution in [0.4, 0.5) is 5.69 Å². The van der Waals surface area contributed by atoms with E-state index in [1.165, 1.54) is 57.3 Å². The zero-order valence-corrected chi connectivity index (χ0v) is 13.3. The molecule has 0 bridgehead atoms. The molecule has 1 spiro atoms. The van der Waals surface area contributed by atoms with Crippen LogP contribution >= 0.6 is 0 Å². The smallest absolute Gasteiger partial charge is 0.0575 e. The molecule has 1 aliphatic heterocycles. The summed E-state index contributed by atoms with van der Waals surface area (Å²) in [6, 6.07) is 4.26. The monoisotopic (exact) mass is 288 g/mol. The molecular weight excluding hydrogens is 260 g/mol. The van der Waals surface area contributed by atoms with E-state index >= 15 is 0 Å². The molecule has 3 rings (SSSR count). The Balaban J connectivity index is 1.50. The first kappa shape index (κ1) is 14.8. The van der Waals surface area contributed by atoms with Crippen molar-refractivity contribution in [3.63, 3.8) is 0 Å². The van der Waals surface area contributed by atoms with Crippen LogP contribution in [0.3, 0.4) is 0 Å². The van der Waals surface area contributed by atoms with Crippen molar-refractivity contribution in [3.05, 3.63) is 24.5 Å². The number of nitrogens with zero attached hydrogens (tertiary/aromatic N) is 2. The summed E-state index contributed by atoms with van der Waals surface area (Å²) < 4.78 is 5.94. The van der Waals surface area contributed by atoms with Gasteiger partial charge in [0, 0.05) is 37.8 Å². The van der Waals surface area contributed by atoms with E-state index in [4.69, 9.17) is 4.74 Å². The average molecular weight is 288 g/mol. The number of rotatable bonds is 4.